The van der Waals surface area contributed by atoms with Crippen LogP contribution in [0.5, 0.6) is 0 Å². The van der Waals surface area contributed by atoms with Gasteiger partial charge in [0, 0.05) is 19.2 Å². The van der Waals surface area contributed by atoms with E-state index in [1.165, 1.54) is 11.9 Å². The molecule has 3 aromatic rings. The zero-order valence-electron chi connectivity index (χ0n) is 16.7. The second kappa shape index (κ2) is 9.19. The summed E-state index contributed by atoms with van der Waals surface area (Å²) in [7, 11) is 0. The number of nitriles is 1. The van der Waals surface area contributed by atoms with E-state index in [0.29, 0.717) is 28.7 Å². The van der Waals surface area contributed by atoms with Crippen molar-refractivity contribution in [3.63, 3.8) is 0 Å². The average Bonchev–Trinajstić information content (AvgIpc) is 2.80. The molecule has 0 unspecified atom stereocenters. The number of carbonyl (C=O) groups excluding carboxylic acids is 1. The molecule has 4 rings (SSSR count). The molecule has 1 saturated heterocycles. The molecule has 0 atom stereocenters. The summed E-state index contributed by atoms with van der Waals surface area (Å²) < 4.78 is 0. The molecule has 0 bridgehead atoms. The smallest absolute Gasteiger partial charge is 0.272 e. The highest BCUT2D eigenvalue weighted by atomic mass is 16.2. The highest BCUT2D eigenvalue weighted by Crippen LogP contribution is 2.23. The Kier molecular flexibility index (Phi) is 6.00. The lowest BCUT2D eigenvalue weighted by Crippen LogP contribution is -2.39. The highest BCUT2D eigenvalue weighted by Gasteiger charge is 2.24. The number of nitrogens with zero attached hydrogens (tertiary/aromatic N) is 4. The van der Waals surface area contributed by atoms with Crippen LogP contribution in [0.4, 0.5) is 11.5 Å². The number of carbonyl (C=O) groups is 1. The van der Waals surface area contributed by atoms with Crippen LogP contribution in [0.15, 0.2) is 67.0 Å². The number of aromatic nitrogens is 2. The van der Waals surface area contributed by atoms with E-state index in [0.717, 1.165) is 32.4 Å². The zero-order chi connectivity index (χ0) is 20.8. The van der Waals surface area contributed by atoms with E-state index in [-0.39, 0.29) is 5.91 Å². The molecular weight excluding hydrogens is 374 g/mol. The number of rotatable bonds is 5. The van der Waals surface area contributed by atoms with Crippen molar-refractivity contribution >= 4 is 17.4 Å². The van der Waals surface area contributed by atoms with Crippen LogP contribution in [-0.2, 0) is 6.42 Å². The summed E-state index contributed by atoms with van der Waals surface area (Å²) in [4.78, 5) is 23.2. The number of nitrogens with one attached hydrogen (secondary N) is 1. The van der Waals surface area contributed by atoms with Gasteiger partial charge in [-0.25, -0.2) is 9.97 Å². The van der Waals surface area contributed by atoms with Crippen LogP contribution >= 0.6 is 0 Å². The van der Waals surface area contributed by atoms with E-state index in [4.69, 9.17) is 0 Å². The van der Waals surface area contributed by atoms with E-state index in [1.807, 2.05) is 17.0 Å². The maximum Gasteiger partial charge on any atom is 0.272 e. The van der Waals surface area contributed by atoms with Crippen LogP contribution in [0.2, 0.25) is 0 Å². The number of hydrogen-bond acceptors (Lipinski definition) is 5. The van der Waals surface area contributed by atoms with E-state index < -0.39 is 0 Å². The number of piperidine rings is 1. The molecule has 2 heterocycles. The minimum Gasteiger partial charge on any atom is -0.339 e. The van der Waals surface area contributed by atoms with Gasteiger partial charge in [-0.3, -0.25) is 4.79 Å². The normalized spacial score (nSPS) is 14.2. The van der Waals surface area contributed by atoms with E-state index in [9.17, 15) is 10.1 Å². The summed E-state index contributed by atoms with van der Waals surface area (Å²) in [6, 6.07) is 21.5. The Labute approximate surface area is 176 Å². The van der Waals surface area contributed by atoms with Crippen LogP contribution in [-0.4, -0.2) is 33.9 Å². The number of para-hydroxylation sites is 1. The Balaban J connectivity index is 1.38. The first-order valence-corrected chi connectivity index (χ1v) is 10.1. The maximum absolute atomic E-state index is 12.9. The highest BCUT2D eigenvalue weighted by molar-refractivity contribution is 5.93. The lowest BCUT2D eigenvalue weighted by atomic mass is 9.90. The van der Waals surface area contributed by atoms with Crippen LogP contribution in [0.3, 0.4) is 0 Å². The van der Waals surface area contributed by atoms with E-state index >= 15 is 0 Å². The van der Waals surface area contributed by atoms with Crippen LogP contribution in [0.1, 0.15) is 34.5 Å². The molecule has 0 radical (unpaired) electrons. The fraction of sp³-hybridized carbons (Fsp3) is 0.250. The molecule has 1 aliphatic rings. The van der Waals surface area contributed by atoms with E-state index in [2.05, 4.69) is 45.6 Å². The van der Waals surface area contributed by atoms with Gasteiger partial charge in [-0.2, -0.15) is 5.26 Å². The van der Waals surface area contributed by atoms with Crippen molar-refractivity contribution in [1.29, 1.82) is 5.26 Å². The van der Waals surface area contributed by atoms with Crippen molar-refractivity contribution in [1.82, 2.24) is 14.9 Å². The Morgan fingerprint density at radius 1 is 1.07 bits per heavy atom. The molecule has 30 heavy (non-hydrogen) atoms. The van der Waals surface area contributed by atoms with Crippen molar-refractivity contribution in [3.8, 4) is 6.07 Å². The largest absolute Gasteiger partial charge is 0.339 e. The van der Waals surface area contributed by atoms with Crippen molar-refractivity contribution in [2.24, 2.45) is 5.92 Å². The monoisotopic (exact) mass is 397 g/mol. The molecule has 1 fully saturated rings. The molecule has 0 aliphatic carbocycles. The fourth-order valence-corrected chi connectivity index (χ4v) is 3.82. The standard InChI is InChI=1S/C24H23N5O/c25-16-20-8-4-5-9-21(20)28-23-15-22(26-17-27-23)24(30)29-12-10-19(11-13-29)14-18-6-2-1-3-7-18/h1-9,15,17,19H,10-14H2,(H,26,27,28). The van der Waals surface area contributed by atoms with Gasteiger partial charge in [0.25, 0.3) is 5.91 Å². The van der Waals surface area contributed by atoms with Gasteiger partial charge < -0.3 is 10.2 Å². The minimum absolute atomic E-state index is 0.0767. The summed E-state index contributed by atoms with van der Waals surface area (Å²) in [5.41, 5.74) is 2.89. The second-order valence-electron chi connectivity index (χ2n) is 7.50. The van der Waals surface area contributed by atoms with Gasteiger partial charge in [-0.1, -0.05) is 42.5 Å². The number of hydrogen-bond donors (Lipinski definition) is 1. The predicted octanol–water partition coefficient (Wildman–Crippen LogP) is 4.19. The summed E-state index contributed by atoms with van der Waals surface area (Å²) in [6.45, 7) is 1.47. The summed E-state index contributed by atoms with van der Waals surface area (Å²) in [5.74, 6) is 1.02. The maximum atomic E-state index is 12.9. The number of benzene rings is 2. The molecule has 6 heteroatoms. The number of likely N-dealkylation sites (tertiary alicyclic amines) is 1. The first-order valence-electron chi connectivity index (χ1n) is 10.1. The van der Waals surface area contributed by atoms with Crippen molar-refractivity contribution in [2.45, 2.75) is 19.3 Å². The van der Waals surface area contributed by atoms with Gasteiger partial charge in [0.2, 0.25) is 0 Å². The fourth-order valence-electron chi connectivity index (χ4n) is 3.82. The minimum atomic E-state index is -0.0767. The lowest BCUT2D eigenvalue weighted by Gasteiger charge is -2.32. The quantitative estimate of drug-likeness (QED) is 0.698. The summed E-state index contributed by atoms with van der Waals surface area (Å²) >= 11 is 0. The summed E-state index contributed by atoms with van der Waals surface area (Å²) in [5, 5.41) is 12.4. The van der Waals surface area contributed by atoms with Gasteiger partial charge >= 0.3 is 0 Å². The first kappa shape index (κ1) is 19.6. The molecule has 2 aromatic carbocycles. The van der Waals surface area contributed by atoms with Gasteiger partial charge in [0.05, 0.1) is 11.3 Å². The Hall–Kier alpha value is -3.72. The lowest BCUT2D eigenvalue weighted by molar-refractivity contribution is 0.0684. The van der Waals surface area contributed by atoms with Crippen molar-refractivity contribution < 1.29 is 4.79 Å². The SMILES string of the molecule is N#Cc1ccccc1Nc1cc(C(=O)N2CCC(Cc3ccccc3)CC2)ncn1. The predicted molar refractivity (Wildman–Crippen MR) is 115 cm³/mol. The van der Waals surface area contributed by atoms with Gasteiger partial charge in [0.15, 0.2) is 0 Å². The van der Waals surface area contributed by atoms with Crippen molar-refractivity contribution in [3.05, 3.63) is 83.8 Å². The molecule has 1 N–H and O–H groups in total. The molecule has 1 aromatic heterocycles. The number of anilines is 2. The molecule has 1 aliphatic heterocycles. The number of amides is 1. The van der Waals surface area contributed by atoms with Gasteiger partial charge in [0.1, 0.15) is 23.9 Å². The average molecular weight is 397 g/mol. The van der Waals surface area contributed by atoms with Crippen LogP contribution < -0.4 is 5.32 Å². The summed E-state index contributed by atoms with van der Waals surface area (Å²) in [6.07, 6.45) is 4.42. The second-order valence-corrected chi connectivity index (χ2v) is 7.50. The van der Waals surface area contributed by atoms with Crippen LogP contribution in [0.25, 0.3) is 0 Å². The molecule has 0 saturated carbocycles. The van der Waals surface area contributed by atoms with Crippen LogP contribution in [0, 0.1) is 17.2 Å². The zero-order valence-corrected chi connectivity index (χ0v) is 16.7. The Bertz CT molecular complexity index is 1050. The van der Waals surface area contributed by atoms with E-state index in [1.54, 1.807) is 24.3 Å². The Morgan fingerprint density at radius 2 is 1.80 bits per heavy atom. The molecule has 1 amide bonds. The molecule has 0 spiro atoms. The topological polar surface area (TPSA) is 81.9 Å². The third-order valence-electron chi connectivity index (χ3n) is 5.47. The third-order valence-corrected chi connectivity index (χ3v) is 5.47. The van der Waals surface area contributed by atoms with Crippen molar-refractivity contribution in [2.75, 3.05) is 18.4 Å². The molecule has 6 nitrogen and oxygen atoms in total. The van der Waals surface area contributed by atoms with Gasteiger partial charge in [-0.15, -0.1) is 0 Å². The first-order chi connectivity index (χ1) is 14.7. The molecule has 150 valence electrons. The van der Waals surface area contributed by atoms with Gasteiger partial charge in [-0.05, 0) is 42.9 Å². The Morgan fingerprint density at radius 3 is 2.57 bits per heavy atom. The molecular formula is C24H23N5O. The third kappa shape index (κ3) is 4.64.